The van der Waals surface area contributed by atoms with Crippen molar-refractivity contribution in [1.29, 1.82) is 5.26 Å². The van der Waals surface area contributed by atoms with E-state index in [0.29, 0.717) is 23.2 Å². The highest BCUT2D eigenvalue weighted by Gasteiger charge is 2.25. The van der Waals surface area contributed by atoms with Gasteiger partial charge in [-0.15, -0.1) is 0 Å². The molecule has 0 bridgehead atoms. The van der Waals surface area contributed by atoms with Gasteiger partial charge in [0.15, 0.2) is 11.4 Å². The van der Waals surface area contributed by atoms with Gasteiger partial charge in [-0.2, -0.15) is 10.2 Å². The standard InChI is InChI=1S/C21H21FN4O2/c1-13-15(12-23)19-20(18(22)17(13)14-8-6-5-7-9-14)28-21(24-19)26(4)16(27)10-11-25(2)3/h5-9H,10-11H2,1-4H3. The average Bonchev–Trinajstić information content (AvgIpc) is 3.12. The van der Waals surface area contributed by atoms with Crippen molar-refractivity contribution in [3.8, 4) is 17.2 Å². The quantitative estimate of drug-likeness (QED) is 0.674. The molecule has 3 rings (SSSR count). The molecule has 3 aromatic rings. The zero-order chi connectivity index (χ0) is 20.4. The van der Waals surface area contributed by atoms with E-state index >= 15 is 4.39 Å². The number of hydrogen-bond acceptors (Lipinski definition) is 5. The number of fused-ring (bicyclic) bond motifs is 1. The van der Waals surface area contributed by atoms with Crippen molar-refractivity contribution in [2.75, 3.05) is 32.6 Å². The van der Waals surface area contributed by atoms with Crippen LogP contribution in [0.3, 0.4) is 0 Å². The summed E-state index contributed by atoms with van der Waals surface area (Å²) in [5, 5.41) is 9.64. The molecule has 0 aliphatic rings. The topological polar surface area (TPSA) is 73.4 Å². The number of oxazole rings is 1. The summed E-state index contributed by atoms with van der Waals surface area (Å²) in [6.45, 7) is 2.25. The van der Waals surface area contributed by atoms with Crippen LogP contribution in [0.2, 0.25) is 0 Å². The summed E-state index contributed by atoms with van der Waals surface area (Å²) in [5.41, 5.74) is 1.67. The van der Waals surface area contributed by atoms with Crippen LogP contribution in [0.1, 0.15) is 17.5 Å². The maximum atomic E-state index is 15.3. The minimum Gasteiger partial charge on any atom is -0.420 e. The highest BCUT2D eigenvalue weighted by molar-refractivity contribution is 5.94. The van der Waals surface area contributed by atoms with Gasteiger partial charge >= 0.3 is 6.01 Å². The molecule has 2 aromatic carbocycles. The summed E-state index contributed by atoms with van der Waals surface area (Å²) in [6.07, 6.45) is 0.268. The number of rotatable bonds is 5. The molecule has 0 saturated heterocycles. The number of aromatic nitrogens is 1. The third-order valence-electron chi connectivity index (χ3n) is 4.63. The highest BCUT2D eigenvalue weighted by Crippen LogP contribution is 2.37. The molecule has 0 saturated carbocycles. The Bertz CT molecular complexity index is 1070. The Morgan fingerprint density at radius 1 is 1.25 bits per heavy atom. The number of amides is 1. The molecule has 1 aromatic heterocycles. The second kappa shape index (κ2) is 7.79. The van der Waals surface area contributed by atoms with E-state index in [0.717, 1.165) is 0 Å². The molecule has 0 spiro atoms. The number of carbonyl (C=O) groups is 1. The van der Waals surface area contributed by atoms with E-state index in [1.807, 2.05) is 25.1 Å². The number of hydrogen-bond donors (Lipinski definition) is 0. The summed E-state index contributed by atoms with van der Waals surface area (Å²) in [7, 11) is 5.27. The van der Waals surface area contributed by atoms with Crippen LogP contribution >= 0.6 is 0 Å². The van der Waals surface area contributed by atoms with Crippen LogP contribution in [-0.4, -0.2) is 43.5 Å². The zero-order valence-electron chi connectivity index (χ0n) is 16.3. The van der Waals surface area contributed by atoms with Crippen LogP contribution in [0.5, 0.6) is 0 Å². The first-order valence-electron chi connectivity index (χ1n) is 8.84. The van der Waals surface area contributed by atoms with Gasteiger partial charge < -0.3 is 9.32 Å². The van der Waals surface area contributed by atoms with E-state index in [1.165, 1.54) is 11.9 Å². The minimum absolute atomic E-state index is 0.0289. The molecular formula is C21H21FN4O2. The fourth-order valence-corrected chi connectivity index (χ4v) is 3.03. The lowest BCUT2D eigenvalue weighted by molar-refractivity contribution is -0.118. The van der Waals surface area contributed by atoms with Gasteiger partial charge in [0, 0.05) is 25.6 Å². The molecule has 7 heteroatoms. The van der Waals surface area contributed by atoms with Gasteiger partial charge in [0.1, 0.15) is 11.6 Å². The molecular weight excluding hydrogens is 359 g/mol. The van der Waals surface area contributed by atoms with E-state index in [4.69, 9.17) is 4.42 Å². The first-order chi connectivity index (χ1) is 13.3. The SMILES string of the molecule is Cc1c(-c2ccccc2)c(F)c2oc(N(C)C(=O)CCN(C)C)nc2c1C#N. The molecule has 0 fully saturated rings. The number of halogens is 1. The van der Waals surface area contributed by atoms with Crippen LogP contribution in [0.25, 0.3) is 22.2 Å². The molecule has 144 valence electrons. The molecule has 6 nitrogen and oxygen atoms in total. The predicted octanol–water partition coefficient (Wildman–Crippen LogP) is 3.73. The lowest BCUT2D eigenvalue weighted by atomic mass is 9.95. The average molecular weight is 380 g/mol. The summed E-state index contributed by atoms with van der Waals surface area (Å²) < 4.78 is 20.9. The molecule has 0 aliphatic heterocycles. The summed E-state index contributed by atoms with van der Waals surface area (Å²) in [4.78, 5) is 19.8. The van der Waals surface area contributed by atoms with Crippen LogP contribution in [-0.2, 0) is 4.79 Å². The fraction of sp³-hybridized carbons (Fsp3) is 0.286. The first-order valence-corrected chi connectivity index (χ1v) is 8.84. The fourth-order valence-electron chi connectivity index (χ4n) is 3.03. The van der Waals surface area contributed by atoms with Crippen molar-refractivity contribution < 1.29 is 13.6 Å². The number of anilines is 1. The van der Waals surface area contributed by atoms with E-state index in [1.54, 1.807) is 31.2 Å². The lowest BCUT2D eigenvalue weighted by Gasteiger charge is -2.14. The molecule has 1 amide bonds. The van der Waals surface area contributed by atoms with Crippen molar-refractivity contribution in [3.63, 3.8) is 0 Å². The second-order valence-corrected chi connectivity index (χ2v) is 6.85. The third kappa shape index (κ3) is 3.47. The van der Waals surface area contributed by atoms with Crippen LogP contribution in [0.15, 0.2) is 34.7 Å². The van der Waals surface area contributed by atoms with E-state index in [-0.39, 0.29) is 35.0 Å². The lowest BCUT2D eigenvalue weighted by Crippen LogP contribution is -2.29. The molecule has 28 heavy (non-hydrogen) atoms. The monoisotopic (exact) mass is 380 g/mol. The molecule has 0 radical (unpaired) electrons. The van der Waals surface area contributed by atoms with Crippen LogP contribution in [0.4, 0.5) is 10.4 Å². The Labute approximate surface area is 162 Å². The van der Waals surface area contributed by atoms with Gasteiger partial charge in [-0.05, 0) is 32.1 Å². The van der Waals surface area contributed by atoms with Gasteiger partial charge in [-0.3, -0.25) is 9.69 Å². The summed E-state index contributed by atoms with van der Waals surface area (Å²) in [6, 6.07) is 11.0. The third-order valence-corrected chi connectivity index (χ3v) is 4.63. The maximum Gasteiger partial charge on any atom is 0.305 e. The second-order valence-electron chi connectivity index (χ2n) is 6.85. The van der Waals surface area contributed by atoms with E-state index < -0.39 is 5.82 Å². The van der Waals surface area contributed by atoms with Gasteiger partial charge in [0.25, 0.3) is 0 Å². The Kier molecular flexibility index (Phi) is 5.43. The number of nitriles is 1. The van der Waals surface area contributed by atoms with E-state index in [2.05, 4.69) is 11.1 Å². The molecule has 0 aliphatic carbocycles. The highest BCUT2D eigenvalue weighted by atomic mass is 19.1. The van der Waals surface area contributed by atoms with Crippen molar-refractivity contribution in [3.05, 3.63) is 47.3 Å². The van der Waals surface area contributed by atoms with Crippen molar-refractivity contribution in [2.45, 2.75) is 13.3 Å². The molecule has 0 unspecified atom stereocenters. The number of carbonyl (C=O) groups excluding carboxylic acids is 1. The largest absolute Gasteiger partial charge is 0.420 e. The first kappa shape index (κ1) is 19.5. The van der Waals surface area contributed by atoms with Crippen molar-refractivity contribution in [1.82, 2.24) is 9.88 Å². The van der Waals surface area contributed by atoms with Crippen molar-refractivity contribution >= 4 is 23.0 Å². The smallest absolute Gasteiger partial charge is 0.305 e. The number of benzene rings is 2. The summed E-state index contributed by atoms with van der Waals surface area (Å²) in [5.74, 6) is -0.801. The molecule has 0 N–H and O–H groups in total. The van der Waals surface area contributed by atoms with Gasteiger partial charge in [0.2, 0.25) is 5.91 Å². The predicted molar refractivity (Wildman–Crippen MR) is 105 cm³/mol. The van der Waals surface area contributed by atoms with Gasteiger partial charge in [-0.1, -0.05) is 30.3 Å². The normalized spacial score (nSPS) is 11.0. The Morgan fingerprint density at radius 2 is 1.93 bits per heavy atom. The Morgan fingerprint density at radius 3 is 2.54 bits per heavy atom. The number of nitrogens with zero attached hydrogens (tertiary/aromatic N) is 4. The van der Waals surface area contributed by atoms with Crippen LogP contribution < -0.4 is 4.90 Å². The van der Waals surface area contributed by atoms with Crippen LogP contribution in [0, 0.1) is 24.1 Å². The van der Waals surface area contributed by atoms with Gasteiger partial charge in [0.05, 0.1) is 5.56 Å². The zero-order valence-corrected chi connectivity index (χ0v) is 16.3. The Hall–Kier alpha value is -3.24. The van der Waals surface area contributed by atoms with Gasteiger partial charge in [-0.25, -0.2) is 4.39 Å². The molecule has 0 atom stereocenters. The Balaban J connectivity index is 2.13. The summed E-state index contributed by atoms with van der Waals surface area (Å²) >= 11 is 0. The van der Waals surface area contributed by atoms with E-state index in [9.17, 15) is 10.1 Å². The molecule has 1 heterocycles. The minimum atomic E-state index is -0.592. The van der Waals surface area contributed by atoms with Crippen molar-refractivity contribution in [2.24, 2.45) is 0 Å². The maximum absolute atomic E-state index is 15.3.